The molecule has 2 aromatic rings. The summed E-state index contributed by atoms with van der Waals surface area (Å²) in [5.74, 6) is 0.994. The SMILES string of the molecule is CCOc1c(Br)cc(C(=O)NCc2ccc(CN3CCCCC3)cc2)cc1OC. The smallest absolute Gasteiger partial charge is 0.251 e. The fraction of sp³-hybridized carbons (Fsp3) is 0.435. The topological polar surface area (TPSA) is 50.8 Å². The molecule has 0 bridgehead atoms. The molecule has 156 valence electrons. The Balaban J connectivity index is 1.58. The molecule has 1 saturated heterocycles. The van der Waals surface area contributed by atoms with E-state index < -0.39 is 0 Å². The van der Waals surface area contributed by atoms with E-state index in [0.717, 1.165) is 12.1 Å². The minimum absolute atomic E-state index is 0.149. The Bertz CT molecular complexity index is 818. The fourth-order valence-corrected chi connectivity index (χ4v) is 4.11. The van der Waals surface area contributed by atoms with Crippen LogP contribution in [0.5, 0.6) is 11.5 Å². The van der Waals surface area contributed by atoms with Crippen LogP contribution in [-0.4, -0.2) is 37.6 Å². The van der Waals surface area contributed by atoms with Crippen LogP contribution < -0.4 is 14.8 Å². The highest BCUT2D eigenvalue weighted by molar-refractivity contribution is 9.10. The van der Waals surface area contributed by atoms with Gasteiger partial charge in [-0.2, -0.15) is 0 Å². The second-order valence-corrected chi connectivity index (χ2v) is 8.11. The van der Waals surface area contributed by atoms with Gasteiger partial charge < -0.3 is 14.8 Å². The van der Waals surface area contributed by atoms with Gasteiger partial charge in [-0.05, 0) is 72.0 Å². The van der Waals surface area contributed by atoms with Gasteiger partial charge in [-0.15, -0.1) is 0 Å². The van der Waals surface area contributed by atoms with E-state index in [1.165, 1.54) is 37.9 Å². The third kappa shape index (κ3) is 5.97. The zero-order valence-corrected chi connectivity index (χ0v) is 18.8. The predicted molar refractivity (Wildman–Crippen MR) is 119 cm³/mol. The van der Waals surface area contributed by atoms with E-state index in [0.29, 0.717) is 34.7 Å². The first kappa shape index (κ1) is 21.7. The van der Waals surface area contributed by atoms with Crippen LogP contribution in [0.1, 0.15) is 47.7 Å². The molecule has 1 fully saturated rings. The monoisotopic (exact) mass is 460 g/mol. The van der Waals surface area contributed by atoms with Gasteiger partial charge in [0.2, 0.25) is 0 Å². The second-order valence-electron chi connectivity index (χ2n) is 7.26. The molecule has 1 N–H and O–H groups in total. The number of methoxy groups -OCH3 is 1. The van der Waals surface area contributed by atoms with Crippen LogP contribution in [0.2, 0.25) is 0 Å². The van der Waals surface area contributed by atoms with Crippen LogP contribution in [0, 0.1) is 0 Å². The van der Waals surface area contributed by atoms with Crippen molar-refractivity contribution < 1.29 is 14.3 Å². The van der Waals surface area contributed by atoms with E-state index >= 15 is 0 Å². The summed E-state index contributed by atoms with van der Waals surface area (Å²) in [6, 6.07) is 12.0. The van der Waals surface area contributed by atoms with Crippen molar-refractivity contribution in [2.75, 3.05) is 26.8 Å². The van der Waals surface area contributed by atoms with Crippen LogP contribution in [0.25, 0.3) is 0 Å². The highest BCUT2D eigenvalue weighted by Crippen LogP contribution is 2.36. The van der Waals surface area contributed by atoms with Gasteiger partial charge in [0.05, 0.1) is 18.2 Å². The number of piperidine rings is 1. The molecule has 0 aliphatic carbocycles. The van der Waals surface area contributed by atoms with Crippen LogP contribution >= 0.6 is 15.9 Å². The minimum Gasteiger partial charge on any atom is -0.493 e. The largest absolute Gasteiger partial charge is 0.493 e. The van der Waals surface area contributed by atoms with Gasteiger partial charge in [-0.3, -0.25) is 9.69 Å². The molecule has 29 heavy (non-hydrogen) atoms. The second kappa shape index (κ2) is 10.6. The first-order chi connectivity index (χ1) is 14.1. The lowest BCUT2D eigenvalue weighted by Gasteiger charge is -2.26. The molecule has 1 aliphatic rings. The first-order valence-electron chi connectivity index (χ1n) is 10.2. The average Bonchev–Trinajstić information content (AvgIpc) is 2.75. The van der Waals surface area contributed by atoms with Crippen LogP contribution in [-0.2, 0) is 13.1 Å². The Morgan fingerprint density at radius 2 is 1.79 bits per heavy atom. The molecule has 0 aromatic heterocycles. The number of nitrogens with one attached hydrogen (secondary N) is 1. The number of hydrogen-bond donors (Lipinski definition) is 1. The summed E-state index contributed by atoms with van der Waals surface area (Å²) in [5.41, 5.74) is 2.93. The van der Waals surface area contributed by atoms with Crippen LogP contribution in [0.3, 0.4) is 0 Å². The van der Waals surface area contributed by atoms with Crippen molar-refractivity contribution in [3.05, 3.63) is 57.6 Å². The molecular weight excluding hydrogens is 432 g/mol. The van der Waals surface area contributed by atoms with Crippen molar-refractivity contribution in [2.24, 2.45) is 0 Å². The Morgan fingerprint density at radius 1 is 1.10 bits per heavy atom. The fourth-order valence-electron chi connectivity index (χ4n) is 3.56. The Morgan fingerprint density at radius 3 is 2.45 bits per heavy atom. The molecule has 6 heteroatoms. The van der Waals surface area contributed by atoms with E-state index in [4.69, 9.17) is 9.47 Å². The Labute approximate surface area is 181 Å². The van der Waals surface area contributed by atoms with Crippen molar-refractivity contribution in [1.82, 2.24) is 10.2 Å². The molecule has 0 saturated carbocycles. The molecular formula is C23H29BrN2O3. The summed E-state index contributed by atoms with van der Waals surface area (Å²) < 4.78 is 11.7. The summed E-state index contributed by atoms with van der Waals surface area (Å²) in [6.07, 6.45) is 3.96. The van der Waals surface area contributed by atoms with E-state index in [2.05, 4.69) is 50.4 Å². The van der Waals surface area contributed by atoms with Crippen molar-refractivity contribution >= 4 is 21.8 Å². The lowest BCUT2D eigenvalue weighted by atomic mass is 10.1. The maximum atomic E-state index is 12.6. The Kier molecular flexibility index (Phi) is 7.95. The maximum absolute atomic E-state index is 12.6. The van der Waals surface area contributed by atoms with Gasteiger partial charge in [-0.1, -0.05) is 30.7 Å². The molecule has 3 rings (SSSR count). The highest BCUT2D eigenvalue weighted by atomic mass is 79.9. The third-order valence-electron chi connectivity index (χ3n) is 5.11. The molecule has 5 nitrogen and oxygen atoms in total. The number of ether oxygens (including phenoxy) is 2. The minimum atomic E-state index is -0.149. The van der Waals surface area contributed by atoms with Gasteiger partial charge in [0.15, 0.2) is 11.5 Å². The number of likely N-dealkylation sites (tertiary alicyclic amines) is 1. The summed E-state index contributed by atoms with van der Waals surface area (Å²) in [7, 11) is 1.57. The van der Waals surface area contributed by atoms with E-state index in [1.807, 2.05) is 6.92 Å². The molecule has 1 heterocycles. The van der Waals surface area contributed by atoms with Crippen molar-refractivity contribution in [1.29, 1.82) is 0 Å². The van der Waals surface area contributed by atoms with Gasteiger partial charge in [-0.25, -0.2) is 0 Å². The molecule has 2 aromatic carbocycles. The standard InChI is InChI=1S/C23H29BrN2O3/c1-3-29-22-20(24)13-19(14-21(22)28-2)23(27)25-15-17-7-9-18(10-8-17)16-26-11-5-4-6-12-26/h7-10,13-14H,3-6,11-12,15-16H2,1-2H3,(H,25,27). The molecule has 0 unspecified atom stereocenters. The van der Waals surface area contributed by atoms with Gasteiger partial charge in [0.25, 0.3) is 5.91 Å². The first-order valence-corrected chi connectivity index (χ1v) is 11.0. The van der Waals surface area contributed by atoms with Crippen molar-refractivity contribution in [3.63, 3.8) is 0 Å². The summed E-state index contributed by atoms with van der Waals surface area (Å²) in [6.45, 7) is 6.30. The number of benzene rings is 2. The number of carbonyl (C=O) groups is 1. The third-order valence-corrected chi connectivity index (χ3v) is 5.70. The lowest BCUT2D eigenvalue weighted by molar-refractivity contribution is 0.0950. The number of carbonyl (C=O) groups excluding carboxylic acids is 1. The van der Waals surface area contributed by atoms with E-state index in [1.54, 1.807) is 19.2 Å². The summed E-state index contributed by atoms with van der Waals surface area (Å²) in [5, 5.41) is 2.98. The number of nitrogens with zero attached hydrogens (tertiary/aromatic N) is 1. The molecule has 0 atom stereocenters. The van der Waals surface area contributed by atoms with Crippen molar-refractivity contribution in [3.8, 4) is 11.5 Å². The normalized spacial score (nSPS) is 14.4. The van der Waals surface area contributed by atoms with Gasteiger partial charge in [0, 0.05) is 18.7 Å². The Hall–Kier alpha value is -2.05. The van der Waals surface area contributed by atoms with Crippen LogP contribution in [0.15, 0.2) is 40.9 Å². The summed E-state index contributed by atoms with van der Waals surface area (Å²) >= 11 is 3.46. The predicted octanol–water partition coefficient (Wildman–Crippen LogP) is 4.77. The zero-order chi connectivity index (χ0) is 20.6. The van der Waals surface area contributed by atoms with Gasteiger partial charge in [0.1, 0.15) is 0 Å². The number of hydrogen-bond acceptors (Lipinski definition) is 4. The highest BCUT2D eigenvalue weighted by Gasteiger charge is 2.15. The number of amides is 1. The number of rotatable bonds is 8. The van der Waals surface area contributed by atoms with Crippen molar-refractivity contribution in [2.45, 2.75) is 39.3 Å². The van der Waals surface area contributed by atoms with Crippen LogP contribution in [0.4, 0.5) is 0 Å². The molecule has 0 spiro atoms. The quantitative estimate of drug-likeness (QED) is 0.615. The maximum Gasteiger partial charge on any atom is 0.251 e. The number of halogens is 1. The zero-order valence-electron chi connectivity index (χ0n) is 17.2. The van der Waals surface area contributed by atoms with E-state index in [-0.39, 0.29) is 5.91 Å². The van der Waals surface area contributed by atoms with E-state index in [9.17, 15) is 4.79 Å². The molecule has 0 radical (unpaired) electrons. The molecule has 1 amide bonds. The summed E-state index contributed by atoms with van der Waals surface area (Å²) in [4.78, 5) is 15.1. The van der Waals surface area contributed by atoms with Gasteiger partial charge >= 0.3 is 0 Å². The lowest BCUT2D eigenvalue weighted by Crippen LogP contribution is -2.29. The molecule has 1 aliphatic heterocycles. The average molecular weight is 461 g/mol.